The van der Waals surface area contributed by atoms with Gasteiger partial charge in [-0.2, -0.15) is 11.8 Å². The summed E-state index contributed by atoms with van der Waals surface area (Å²) in [6.07, 6.45) is 3.99. The van der Waals surface area contributed by atoms with Crippen LogP contribution in [0.5, 0.6) is 0 Å². The lowest BCUT2D eigenvalue weighted by atomic mass is 10.0. The van der Waals surface area contributed by atoms with Crippen LogP contribution in [-0.2, 0) is 9.59 Å². The van der Waals surface area contributed by atoms with E-state index in [0.29, 0.717) is 25.9 Å². The molecule has 1 aliphatic heterocycles. The van der Waals surface area contributed by atoms with Crippen molar-refractivity contribution in [2.45, 2.75) is 31.7 Å². The summed E-state index contributed by atoms with van der Waals surface area (Å²) in [4.78, 5) is 35.7. The average Bonchev–Trinajstić information content (AvgIpc) is 2.88. The predicted octanol–water partition coefficient (Wildman–Crippen LogP) is 0.490. The van der Waals surface area contributed by atoms with E-state index in [9.17, 15) is 14.4 Å². The van der Waals surface area contributed by atoms with Gasteiger partial charge in [0.2, 0.25) is 5.91 Å². The molecule has 0 aromatic carbocycles. The third kappa shape index (κ3) is 6.24. The van der Waals surface area contributed by atoms with Gasteiger partial charge < -0.3 is 21.1 Å². The van der Waals surface area contributed by atoms with Crippen molar-refractivity contribution in [3.8, 4) is 0 Å². The summed E-state index contributed by atoms with van der Waals surface area (Å²) in [5.41, 5.74) is 5.12. The van der Waals surface area contributed by atoms with Crippen molar-refractivity contribution < 1.29 is 19.5 Å². The molecule has 3 amide bonds. The van der Waals surface area contributed by atoms with E-state index in [1.165, 1.54) is 0 Å². The SMILES string of the molecule is CSCCC(NC(N)=O)C(=O)N1CCC(CCC(=O)O)C1. The lowest BCUT2D eigenvalue weighted by Crippen LogP contribution is -2.49. The second-order valence-electron chi connectivity index (χ2n) is 5.21. The van der Waals surface area contributed by atoms with Crippen LogP contribution >= 0.6 is 11.8 Å². The lowest BCUT2D eigenvalue weighted by Gasteiger charge is -2.23. The molecule has 7 nitrogen and oxygen atoms in total. The van der Waals surface area contributed by atoms with E-state index in [1.807, 2.05) is 6.26 Å². The van der Waals surface area contributed by atoms with Gasteiger partial charge in [0.05, 0.1) is 0 Å². The summed E-state index contributed by atoms with van der Waals surface area (Å²) >= 11 is 1.60. The highest BCUT2D eigenvalue weighted by Crippen LogP contribution is 2.22. The zero-order valence-electron chi connectivity index (χ0n) is 12.2. The Labute approximate surface area is 128 Å². The van der Waals surface area contributed by atoms with Crippen LogP contribution < -0.4 is 11.1 Å². The van der Waals surface area contributed by atoms with Crippen molar-refractivity contribution >= 4 is 29.7 Å². The van der Waals surface area contributed by atoms with Crippen LogP contribution in [-0.4, -0.2) is 59.1 Å². The fourth-order valence-corrected chi connectivity index (χ4v) is 2.95. The van der Waals surface area contributed by atoms with Gasteiger partial charge in [-0.05, 0) is 37.2 Å². The number of carboxylic acids is 1. The number of carbonyl (C=O) groups excluding carboxylic acids is 2. The number of nitrogens with zero attached hydrogens (tertiary/aromatic N) is 1. The van der Waals surface area contributed by atoms with Gasteiger partial charge >= 0.3 is 12.0 Å². The molecule has 0 radical (unpaired) electrons. The topological polar surface area (TPSA) is 113 Å². The minimum atomic E-state index is -0.812. The minimum absolute atomic E-state index is 0.124. The maximum absolute atomic E-state index is 12.4. The second-order valence-corrected chi connectivity index (χ2v) is 6.20. The highest BCUT2D eigenvalue weighted by Gasteiger charge is 2.31. The van der Waals surface area contributed by atoms with E-state index in [0.717, 1.165) is 12.2 Å². The molecule has 0 aliphatic carbocycles. The van der Waals surface area contributed by atoms with Gasteiger partial charge in [-0.3, -0.25) is 9.59 Å². The van der Waals surface area contributed by atoms with E-state index in [1.54, 1.807) is 16.7 Å². The molecule has 2 unspecified atom stereocenters. The number of carbonyl (C=O) groups is 3. The second kappa shape index (κ2) is 8.76. The smallest absolute Gasteiger partial charge is 0.312 e. The molecule has 0 aromatic rings. The van der Waals surface area contributed by atoms with Gasteiger partial charge in [-0.15, -0.1) is 0 Å². The quantitative estimate of drug-likeness (QED) is 0.603. The molecule has 2 atom stereocenters. The Balaban J connectivity index is 2.51. The summed E-state index contributed by atoms with van der Waals surface area (Å²) in [7, 11) is 0. The van der Waals surface area contributed by atoms with Crippen molar-refractivity contribution in [2.24, 2.45) is 11.7 Å². The number of rotatable bonds is 8. The molecule has 120 valence electrons. The average molecular weight is 317 g/mol. The Morgan fingerprint density at radius 2 is 2.19 bits per heavy atom. The van der Waals surface area contributed by atoms with Crippen molar-refractivity contribution in [1.82, 2.24) is 10.2 Å². The highest BCUT2D eigenvalue weighted by atomic mass is 32.2. The highest BCUT2D eigenvalue weighted by molar-refractivity contribution is 7.98. The fourth-order valence-electron chi connectivity index (χ4n) is 2.48. The van der Waals surface area contributed by atoms with Crippen LogP contribution in [0, 0.1) is 5.92 Å². The first-order valence-corrected chi connectivity index (χ1v) is 8.39. The van der Waals surface area contributed by atoms with Crippen molar-refractivity contribution in [3.63, 3.8) is 0 Å². The van der Waals surface area contributed by atoms with Gasteiger partial charge in [0.15, 0.2) is 0 Å². The number of amides is 3. The largest absolute Gasteiger partial charge is 0.481 e. The van der Waals surface area contributed by atoms with E-state index < -0.39 is 18.0 Å². The van der Waals surface area contributed by atoms with Crippen LogP contribution in [0.15, 0.2) is 0 Å². The summed E-state index contributed by atoms with van der Waals surface area (Å²) in [6.45, 7) is 1.17. The standard InChI is InChI=1S/C13H23N3O4S/c1-21-7-5-10(15-13(14)20)12(19)16-6-4-9(8-16)2-3-11(17)18/h9-10H,2-8H2,1H3,(H,17,18)(H3,14,15,20). The first-order valence-electron chi connectivity index (χ1n) is 6.99. The number of nitrogens with two attached hydrogens (primary N) is 1. The van der Waals surface area contributed by atoms with E-state index in [4.69, 9.17) is 10.8 Å². The number of aliphatic carboxylic acids is 1. The van der Waals surface area contributed by atoms with Gasteiger partial charge in [0, 0.05) is 19.5 Å². The van der Waals surface area contributed by atoms with E-state index in [-0.39, 0.29) is 18.2 Å². The third-order valence-corrected chi connectivity index (χ3v) is 4.23. The van der Waals surface area contributed by atoms with Crippen molar-refractivity contribution in [1.29, 1.82) is 0 Å². The Morgan fingerprint density at radius 3 is 2.76 bits per heavy atom. The summed E-state index contributed by atoms with van der Waals surface area (Å²) in [5.74, 6) is 0.0426. The summed E-state index contributed by atoms with van der Waals surface area (Å²) < 4.78 is 0. The number of urea groups is 1. The molecule has 0 bridgehead atoms. The van der Waals surface area contributed by atoms with Crippen LogP contribution in [0.3, 0.4) is 0 Å². The van der Waals surface area contributed by atoms with Crippen LogP contribution in [0.1, 0.15) is 25.7 Å². The Hall–Kier alpha value is -1.44. The van der Waals surface area contributed by atoms with Crippen molar-refractivity contribution in [2.75, 3.05) is 25.1 Å². The number of hydrogen-bond acceptors (Lipinski definition) is 4. The van der Waals surface area contributed by atoms with Crippen molar-refractivity contribution in [3.05, 3.63) is 0 Å². The maximum atomic E-state index is 12.4. The van der Waals surface area contributed by atoms with Gasteiger partial charge in [0.1, 0.15) is 6.04 Å². The van der Waals surface area contributed by atoms with Gasteiger partial charge in [-0.25, -0.2) is 4.79 Å². The number of nitrogens with one attached hydrogen (secondary N) is 1. The Kier molecular flexibility index (Phi) is 7.35. The van der Waals surface area contributed by atoms with Gasteiger partial charge in [-0.1, -0.05) is 0 Å². The Morgan fingerprint density at radius 1 is 1.48 bits per heavy atom. The van der Waals surface area contributed by atoms with E-state index >= 15 is 0 Å². The van der Waals surface area contributed by atoms with Crippen LogP contribution in [0.25, 0.3) is 0 Å². The fraction of sp³-hybridized carbons (Fsp3) is 0.769. The molecule has 1 heterocycles. The number of carboxylic acid groups (broad SMARTS) is 1. The first kappa shape index (κ1) is 17.6. The summed E-state index contributed by atoms with van der Waals surface area (Å²) in [5, 5.41) is 11.2. The van der Waals surface area contributed by atoms with Gasteiger partial charge in [0.25, 0.3) is 0 Å². The van der Waals surface area contributed by atoms with E-state index in [2.05, 4.69) is 5.32 Å². The molecule has 0 saturated carbocycles. The molecule has 1 rings (SSSR count). The molecule has 1 saturated heterocycles. The molecular weight excluding hydrogens is 294 g/mol. The number of likely N-dealkylation sites (tertiary alicyclic amines) is 1. The zero-order valence-corrected chi connectivity index (χ0v) is 13.0. The number of primary amides is 1. The number of thioether (sulfide) groups is 1. The molecule has 8 heteroatoms. The molecule has 0 aromatic heterocycles. The number of hydrogen-bond donors (Lipinski definition) is 3. The molecule has 4 N–H and O–H groups in total. The molecule has 21 heavy (non-hydrogen) atoms. The van der Waals surface area contributed by atoms with Crippen LogP contribution in [0.2, 0.25) is 0 Å². The molecule has 0 spiro atoms. The normalized spacial score (nSPS) is 19.3. The lowest BCUT2D eigenvalue weighted by molar-refractivity contribution is -0.137. The van der Waals surface area contributed by atoms with Crippen LogP contribution in [0.4, 0.5) is 4.79 Å². The third-order valence-electron chi connectivity index (χ3n) is 3.59. The molecule has 1 fully saturated rings. The molecular formula is C13H23N3O4S. The molecule has 1 aliphatic rings. The minimum Gasteiger partial charge on any atom is -0.481 e. The zero-order chi connectivity index (χ0) is 15.8. The maximum Gasteiger partial charge on any atom is 0.312 e. The monoisotopic (exact) mass is 317 g/mol. The summed E-state index contributed by atoms with van der Waals surface area (Å²) in [6, 6.07) is -1.29. The first-order chi connectivity index (χ1) is 9.93. The predicted molar refractivity (Wildman–Crippen MR) is 81.1 cm³/mol. The Bertz CT molecular complexity index is 392.